The molecule has 8 rings (SSSR count). The van der Waals surface area contributed by atoms with E-state index in [2.05, 4.69) is 79.4 Å². The maximum absolute atomic E-state index is 12.1. The largest absolute Gasteiger partial charge is 0.377 e. The highest BCUT2D eigenvalue weighted by molar-refractivity contribution is 6.35. The Labute approximate surface area is 457 Å². The molecule has 0 bridgehead atoms. The molecule has 74 heavy (non-hydrogen) atoms. The average molecular weight is 1120 g/mol. The van der Waals surface area contributed by atoms with Crippen molar-refractivity contribution in [1.82, 2.24) is 50.4 Å². The van der Waals surface area contributed by atoms with Gasteiger partial charge >= 0.3 is 0 Å². The second kappa shape index (κ2) is 28.4. The number of amides is 2. The Bertz CT molecular complexity index is 2610. The zero-order chi connectivity index (χ0) is 51.1. The smallest absolute Gasteiger partial charge is 0.246 e. The van der Waals surface area contributed by atoms with Crippen LogP contribution in [0.15, 0.2) is 85.2 Å². The van der Waals surface area contributed by atoms with E-state index in [0.717, 1.165) is 82.1 Å². The van der Waals surface area contributed by atoms with Crippen LogP contribution in [0.1, 0.15) is 45.2 Å². The number of nitrogens with one attached hydrogen (secondary N) is 2. The number of nitrogens with zero attached hydrogens (tertiary/aromatic N) is 8. The topological polar surface area (TPSA) is 172 Å². The Hall–Kier alpha value is -4.73. The third-order valence-corrected chi connectivity index (χ3v) is 13.6. The molecule has 0 saturated carbocycles. The lowest BCUT2D eigenvalue weighted by atomic mass is 9.84. The summed E-state index contributed by atoms with van der Waals surface area (Å²) in [6, 6.07) is 24.4. The number of carbonyl (C=O) groups excluding carboxylic acids is 2. The molecule has 6 aromatic rings. The lowest BCUT2D eigenvalue weighted by Crippen LogP contribution is -2.34. The molecular weight excluding hydrogens is 1050 g/mol. The molecule has 2 amide bonds. The fourth-order valence-corrected chi connectivity index (χ4v) is 10.1. The van der Waals surface area contributed by atoms with E-state index >= 15 is 0 Å². The minimum absolute atomic E-state index is 0. The van der Waals surface area contributed by atoms with Crippen LogP contribution in [0, 0.1) is 0 Å². The molecule has 2 aliphatic heterocycles. The normalized spacial score (nSPS) is 15.6. The van der Waals surface area contributed by atoms with Crippen LogP contribution < -0.4 is 10.6 Å². The van der Waals surface area contributed by atoms with Crippen LogP contribution in [0.2, 0.25) is 20.1 Å². The Kier molecular flexibility index (Phi) is 21.9. The van der Waals surface area contributed by atoms with E-state index in [1.807, 2.05) is 60.9 Å². The molecule has 0 spiro atoms. The Balaban J connectivity index is 0.00000800. The van der Waals surface area contributed by atoms with Crippen molar-refractivity contribution in [3.05, 3.63) is 139 Å². The van der Waals surface area contributed by atoms with Gasteiger partial charge in [-0.15, -0.1) is 22.6 Å². The molecular formula is C52H61Cl5N10O7. The Morgan fingerprint density at radius 1 is 0.568 bits per heavy atom. The number of hydrogen-bond acceptors (Lipinski definition) is 13. The number of benzene rings is 4. The third-order valence-electron chi connectivity index (χ3n) is 12.5. The van der Waals surface area contributed by atoms with Crippen LogP contribution in [0.3, 0.4) is 0 Å². The first-order chi connectivity index (χ1) is 35.5. The summed E-state index contributed by atoms with van der Waals surface area (Å²) in [7, 11) is 4.19. The molecule has 4 heterocycles. The third kappa shape index (κ3) is 16.1. The molecule has 2 atom stereocenters. The van der Waals surface area contributed by atoms with E-state index in [4.69, 9.17) is 70.1 Å². The summed E-state index contributed by atoms with van der Waals surface area (Å²) in [5.41, 5.74) is 10.4. The first-order valence-electron chi connectivity index (χ1n) is 24.2. The summed E-state index contributed by atoms with van der Waals surface area (Å²) in [6.45, 7) is 7.36. The van der Waals surface area contributed by atoms with Gasteiger partial charge in [0.25, 0.3) is 0 Å². The average Bonchev–Trinajstić information content (AvgIpc) is 4.06. The van der Waals surface area contributed by atoms with E-state index in [1.54, 1.807) is 9.36 Å². The first-order valence-corrected chi connectivity index (χ1v) is 25.7. The van der Waals surface area contributed by atoms with Gasteiger partial charge in [0, 0.05) is 82.3 Å². The van der Waals surface area contributed by atoms with Crippen molar-refractivity contribution in [2.75, 3.05) is 106 Å². The van der Waals surface area contributed by atoms with Crippen molar-refractivity contribution in [2.45, 2.75) is 38.0 Å². The van der Waals surface area contributed by atoms with Crippen LogP contribution in [0.5, 0.6) is 0 Å². The SMILES string of the molecule is CN1Cc2c(Cl)cc(Cl)cc2[C@H](c2cccc(-c3cn(CCOCCOCCNC(=O)COCC(=O)NCCOCCOCCn4cc(-c5cccc([C@@H]6CN(C)Cc7c(Cl)cc(Cl)cc76)c5)nn4)nn3)c2)C1.Cl. The number of rotatable bonds is 26. The lowest BCUT2D eigenvalue weighted by molar-refractivity contribution is -0.131. The van der Waals surface area contributed by atoms with Gasteiger partial charge in [0.2, 0.25) is 11.8 Å². The highest BCUT2D eigenvalue weighted by atomic mass is 35.5. The molecule has 0 aliphatic carbocycles. The van der Waals surface area contributed by atoms with E-state index in [1.165, 1.54) is 0 Å². The Morgan fingerprint density at radius 3 is 1.42 bits per heavy atom. The standard InChI is InChI=1S/C52H60Cl4N10O7.ClH/c1-63-27-43(41-23-39(53)25-47(55)45(41)29-63)35-5-3-7-37(21-35)49-31-65(61-59-49)11-15-71-19-17-69-13-9-57-51(67)33-73-34-52(68)58-10-14-70-18-20-72-16-12-66-32-50(60-62-66)38-8-4-6-36(22-38)44-28-64(2)30-46-42(44)24-40(54)26-48(46)56;/h3-8,21-26,31-32,43-44H,9-20,27-30,33-34H2,1-2H3,(H,57,67)(H,58,68);1H/t43-,44-;/m0./s1. The maximum atomic E-state index is 12.1. The van der Waals surface area contributed by atoms with Crippen LogP contribution in [0.4, 0.5) is 0 Å². The van der Waals surface area contributed by atoms with Crippen molar-refractivity contribution in [3.63, 3.8) is 0 Å². The fraction of sp³-hybridized carbons (Fsp3) is 0.423. The molecule has 17 nitrogen and oxygen atoms in total. The molecule has 22 heteroatoms. The second-order valence-electron chi connectivity index (χ2n) is 18.0. The molecule has 0 fully saturated rings. The minimum atomic E-state index is -0.349. The van der Waals surface area contributed by atoms with Crippen molar-refractivity contribution in [1.29, 1.82) is 0 Å². The Morgan fingerprint density at radius 2 is 0.986 bits per heavy atom. The van der Waals surface area contributed by atoms with Gasteiger partial charge in [0.15, 0.2) is 0 Å². The molecule has 0 radical (unpaired) electrons. The van der Waals surface area contributed by atoms with Gasteiger partial charge in [-0.2, -0.15) is 0 Å². The van der Waals surface area contributed by atoms with Crippen molar-refractivity contribution in [3.8, 4) is 22.5 Å². The molecule has 0 saturated heterocycles. The molecule has 2 N–H and O–H groups in total. The van der Waals surface area contributed by atoms with E-state index in [-0.39, 0.29) is 49.3 Å². The monoisotopic (exact) mass is 1110 g/mol. The number of hydrogen-bond donors (Lipinski definition) is 2. The number of likely N-dealkylation sites (N-methyl/N-ethyl adjacent to an activating group) is 2. The number of fused-ring (bicyclic) bond motifs is 2. The zero-order valence-electron chi connectivity index (χ0n) is 41.3. The highest BCUT2D eigenvalue weighted by Gasteiger charge is 2.29. The summed E-state index contributed by atoms with van der Waals surface area (Å²) >= 11 is 26.0. The van der Waals surface area contributed by atoms with Gasteiger partial charge in [-0.1, -0.05) is 93.2 Å². The number of halogens is 5. The van der Waals surface area contributed by atoms with E-state index in [9.17, 15) is 9.59 Å². The minimum Gasteiger partial charge on any atom is -0.377 e. The van der Waals surface area contributed by atoms with E-state index in [0.29, 0.717) is 99.1 Å². The van der Waals surface area contributed by atoms with Crippen LogP contribution in [0.25, 0.3) is 22.5 Å². The number of carbonyl (C=O) groups is 2. The lowest BCUT2D eigenvalue weighted by Gasteiger charge is -2.33. The summed E-state index contributed by atoms with van der Waals surface area (Å²) in [4.78, 5) is 28.8. The molecule has 396 valence electrons. The predicted octanol–water partition coefficient (Wildman–Crippen LogP) is 7.41. The predicted molar refractivity (Wildman–Crippen MR) is 288 cm³/mol. The van der Waals surface area contributed by atoms with Gasteiger partial charge in [-0.3, -0.25) is 9.59 Å². The molecule has 2 aromatic heterocycles. The summed E-state index contributed by atoms with van der Waals surface area (Å²) < 4.78 is 31.3. The quantitative estimate of drug-likeness (QED) is 0.0515. The highest BCUT2D eigenvalue weighted by Crippen LogP contribution is 2.41. The summed E-state index contributed by atoms with van der Waals surface area (Å²) in [5, 5.41) is 25.5. The second-order valence-corrected chi connectivity index (χ2v) is 19.7. The molecule has 0 unspecified atom stereocenters. The number of aromatic nitrogens is 6. The fourth-order valence-electron chi connectivity index (χ4n) is 8.99. The van der Waals surface area contributed by atoms with Gasteiger partial charge in [0.1, 0.15) is 24.6 Å². The van der Waals surface area contributed by atoms with Crippen molar-refractivity contribution >= 4 is 70.6 Å². The molecule has 4 aromatic carbocycles. The van der Waals surface area contributed by atoms with Gasteiger partial charge in [-0.05, 0) is 83.9 Å². The summed E-state index contributed by atoms with van der Waals surface area (Å²) in [5.74, 6) is -0.448. The maximum Gasteiger partial charge on any atom is 0.246 e. The zero-order valence-corrected chi connectivity index (χ0v) is 45.2. The van der Waals surface area contributed by atoms with Crippen molar-refractivity contribution in [2.24, 2.45) is 0 Å². The van der Waals surface area contributed by atoms with Gasteiger partial charge in [0.05, 0.1) is 78.3 Å². The van der Waals surface area contributed by atoms with Crippen LogP contribution in [-0.4, -0.2) is 158 Å². The first kappa shape index (κ1) is 57.0. The number of ether oxygens (including phenoxy) is 5. The van der Waals surface area contributed by atoms with Crippen LogP contribution >= 0.6 is 58.8 Å². The van der Waals surface area contributed by atoms with E-state index < -0.39 is 0 Å². The van der Waals surface area contributed by atoms with Gasteiger partial charge in [-0.25, -0.2) is 9.36 Å². The van der Waals surface area contributed by atoms with Gasteiger partial charge < -0.3 is 44.1 Å². The summed E-state index contributed by atoms with van der Waals surface area (Å²) in [6.07, 6.45) is 3.82. The van der Waals surface area contributed by atoms with Crippen LogP contribution in [-0.2, 0) is 59.5 Å². The van der Waals surface area contributed by atoms with Crippen molar-refractivity contribution < 1.29 is 33.3 Å². The molecule has 2 aliphatic rings.